The molecule has 44 heavy (non-hydrogen) atoms. The molecule has 2 aliphatic rings. The van der Waals surface area contributed by atoms with Gasteiger partial charge in [-0.25, -0.2) is 26.7 Å². The van der Waals surface area contributed by atoms with Crippen LogP contribution < -0.4 is 15.0 Å². The smallest absolute Gasteiger partial charge is 0.325 e. The molecule has 1 fully saturated rings. The lowest BCUT2D eigenvalue weighted by Crippen LogP contribution is -2.47. The van der Waals surface area contributed by atoms with Gasteiger partial charge in [-0.05, 0) is 24.6 Å². The second kappa shape index (κ2) is 13.2. The van der Waals surface area contributed by atoms with Gasteiger partial charge in [0.05, 0.1) is 31.5 Å². The molecule has 0 aliphatic carbocycles. The van der Waals surface area contributed by atoms with Crippen molar-refractivity contribution in [1.29, 1.82) is 0 Å². The summed E-state index contributed by atoms with van der Waals surface area (Å²) in [4.78, 5) is 30.9. The summed E-state index contributed by atoms with van der Waals surface area (Å²) in [5.74, 6) is -5.92. The van der Waals surface area contributed by atoms with Gasteiger partial charge in [-0.3, -0.25) is 14.6 Å². The third-order valence-corrected chi connectivity index (χ3v) is 7.89. The largest absolute Gasteiger partial charge is 0.492 e. The van der Waals surface area contributed by atoms with Crippen LogP contribution in [-0.4, -0.2) is 68.2 Å². The van der Waals surface area contributed by atoms with E-state index in [1.165, 1.54) is 17.0 Å². The maximum Gasteiger partial charge on any atom is 0.325 e. The molecule has 8 nitrogen and oxygen atoms in total. The van der Waals surface area contributed by atoms with Crippen LogP contribution >= 0.6 is 0 Å². The Morgan fingerprint density at radius 2 is 1.59 bits per heavy atom. The SMILES string of the molecule is CC1c2ccc(C(=O)NCc3c(F)cc(F)cc3F)cc2N(Cc2c(F)cc(OCCN3CCOCC3)cc2F)C(=O)N1C. The van der Waals surface area contributed by atoms with E-state index in [0.717, 1.165) is 30.1 Å². The number of anilines is 1. The molecule has 0 spiro atoms. The number of rotatable bonds is 9. The van der Waals surface area contributed by atoms with Gasteiger partial charge >= 0.3 is 6.03 Å². The molecule has 2 aliphatic heterocycles. The Morgan fingerprint density at radius 3 is 2.25 bits per heavy atom. The molecule has 3 aromatic rings. The standard InChI is InChI=1S/C31H31F5N4O4/c1-18-22-4-3-19(30(41)37-16-23-25(33)12-20(32)13-26(23)34)11-29(22)40(31(42)38(18)2)17-24-27(35)14-21(15-28(24)36)44-10-7-39-5-8-43-9-6-39/h3-4,11-15,18H,5-10,16-17H2,1-2H3,(H,37,41). The first-order chi connectivity index (χ1) is 21.0. The number of fused-ring (bicyclic) bond motifs is 1. The van der Waals surface area contributed by atoms with E-state index >= 15 is 8.78 Å². The van der Waals surface area contributed by atoms with E-state index in [2.05, 4.69) is 10.2 Å². The molecule has 3 amide bonds. The van der Waals surface area contributed by atoms with Gasteiger partial charge in [-0.1, -0.05) is 6.07 Å². The van der Waals surface area contributed by atoms with Gasteiger partial charge in [0.2, 0.25) is 0 Å². The second-order valence-electron chi connectivity index (χ2n) is 10.6. The molecule has 2 heterocycles. The van der Waals surface area contributed by atoms with E-state index in [1.54, 1.807) is 20.0 Å². The molecule has 0 radical (unpaired) electrons. The molecule has 1 unspecified atom stereocenters. The highest BCUT2D eigenvalue weighted by Gasteiger charge is 2.35. The number of hydrogen-bond donors (Lipinski definition) is 1. The first-order valence-electron chi connectivity index (χ1n) is 14.0. The van der Waals surface area contributed by atoms with Gasteiger partial charge in [0.1, 0.15) is 41.4 Å². The zero-order valence-electron chi connectivity index (χ0n) is 24.1. The Hall–Kier alpha value is -4.23. The van der Waals surface area contributed by atoms with Gasteiger partial charge < -0.3 is 19.7 Å². The van der Waals surface area contributed by atoms with Crippen molar-refractivity contribution < 1.29 is 41.0 Å². The van der Waals surface area contributed by atoms with E-state index in [1.807, 2.05) is 0 Å². The molecule has 0 aromatic heterocycles. The average Bonchev–Trinajstić information content (AvgIpc) is 2.99. The quantitative estimate of drug-likeness (QED) is 0.336. The van der Waals surface area contributed by atoms with Gasteiger partial charge in [-0.2, -0.15) is 0 Å². The number of nitrogens with zero attached hydrogens (tertiary/aromatic N) is 3. The lowest BCUT2D eigenvalue weighted by atomic mass is 9.98. The van der Waals surface area contributed by atoms with Crippen LogP contribution in [0.3, 0.4) is 0 Å². The maximum absolute atomic E-state index is 15.2. The molecule has 0 bridgehead atoms. The predicted octanol–water partition coefficient (Wildman–Crippen LogP) is 5.16. The number of benzene rings is 3. The number of morpholine rings is 1. The van der Waals surface area contributed by atoms with Gasteiger partial charge in [0.15, 0.2) is 0 Å². The molecule has 1 saturated heterocycles. The summed E-state index contributed by atoms with van der Waals surface area (Å²) in [6.07, 6.45) is 0. The van der Waals surface area contributed by atoms with Gasteiger partial charge in [0, 0.05) is 74.2 Å². The van der Waals surface area contributed by atoms with Crippen molar-refractivity contribution in [2.75, 3.05) is 51.4 Å². The number of urea groups is 1. The summed E-state index contributed by atoms with van der Waals surface area (Å²) in [5.41, 5.74) is 0.000471. The number of nitrogens with one attached hydrogen (secondary N) is 1. The van der Waals surface area contributed by atoms with E-state index in [0.29, 0.717) is 37.5 Å². The molecule has 1 atom stereocenters. The highest BCUT2D eigenvalue weighted by atomic mass is 19.2. The van der Waals surface area contributed by atoms with Crippen molar-refractivity contribution in [2.24, 2.45) is 0 Å². The number of carbonyl (C=O) groups is 2. The Balaban J connectivity index is 1.34. The van der Waals surface area contributed by atoms with Crippen molar-refractivity contribution in [3.8, 4) is 5.75 Å². The topological polar surface area (TPSA) is 74.4 Å². The summed E-state index contributed by atoms with van der Waals surface area (Å²) in [6, 6.07) is 6.61. The Bertz CT molecular complexity index is 1520. The molecular weight excluding hydrogens is 587 g/mol. The minimum Gasteiger partial charge on any atom is -0.492 e. The van der Waals surface area contributed by atoms with Crippen molar-refractivity contribution in [3.63, 3.8) is 0 Å². The first-order valence-corrected chi connectivity index (χ1v) is 14.0. The highest BCUT2D eigenvalue weighted by molar-refractivity contribution is 5.99. The molecule has 234 valence electrons. The molecular formula is C31H31F5N4O4. The van der Waals surface area contributed by atoms with E-state index in [4.69, 9.17) is 9.47 Å². The maximum atomic E-state index is 15.2. The zero-order valence-corrected chi connectivity index (χ0v) is 24.1. The highest BCUT2D eigenvalue weighted by Crippen LogP contribution is 2.38. The normalized spacial score (nSPS) is 17.1. The lowest BCUT2D eigenvalue weighted by Gasteiger charge is -2.39. The summed E-state index contributed by atoms with van der Waals surface area (Å²) < 4.78 is 82.7. The van der Waals surface area contributed by atoms with Gasteiger partial charge in [0.25, 0.3) is 5.91 Å². The van der Waals surface area contributed by atoms with E-state index in [9.17, 15) is 22.8 Å². The minimum absolute atomic E-state index is 0.0149. The van der Waals surface area contributed by atoms with Crippen molar-refractivity contribution in [1.82, 2.24) is 15.1 Å². The average molecular weight is 619 g/mol. The molecule has 3 aromatic carbocycles. The Kier molecular flexibility index (Phi) is 9.35. The lowest BCUT2D eigenvalue weighted by molar-refractivity contribution is 0.0322. The zero-order chi connectivity index (χ0) is 31.5. The van der Waals surface area contributed by atoms with E-state index in [-0.39, 0.29) is 29.2 Å². The second-order valence-corrected chi connectivity index (χ2v) is 10.6. The fraction of sp³-hybridized carbons (Fsp3) is 0.355. The third kappa shape index (κ3) is 6.63. The number of ether oxygens (including phenoxy) is 2. The van der Waals surface area contributed by atoms with Crippen molar-refractivity contribution in [2.45, 2.75) is 26.1 Å². The number of carbonyl (C=O) groups excluding carboxylic acids is 2. The van der Waals surface area contributed by atoms with Crippen molar-refractivity contribution >= 4 is 17.6 Å². The number of amides is 3. The van der Waals surface area contributed by atoms with Crippen LogP contribution in [0.2, 0.25) is 0 Å². The molecule has 0 saturated carbocycles. The number of halogens is 5. The Labute approximate surface area is 250 Å². The van der Waals surface area contributed by atoms with Crippen LogP contribution in [0.5, 0.6) is 5.75 Å². The fourth-order valence-electron chi connectivity index (χ4n) is 5.19. The van der Waals surface area contributed by atoms with Crippen molar-refractivity contribution in [3.05, 3.63) is 93.8 Å². The summed E-state index contributed by atoms with van der Waals surface area (Å²) in [7, 11) is 1.55. The summed E-state index contributed by atoms with van der Waals surface area (Å²) >= 11 is 0. The predicted molar refractivity (Wildman–Crippen MR) is 151 cm³/mol. The fourth-order valence-corrected chi connectivity index (χ4v) is 5.19. The van der Waals surface area contributed by atoms with Gasteiger partial charge in [-0.15, -0.1) is 0 Å². The van der Waals surface area contributed by atoms with E-state index < -0.39 is 65.7 Å². The van der Waals surface area contributed by atoms with Crippen LogP contribution in [0.4, 0.5) is 32.4 Å². The first kappa shape index (κ1) is 31.2. The van der Waals surface area contributed by atoms with Crippen LogP contribution in [0.25, 0.3) is 0 Å². The molecule has 5 rings (SSSR count). The third-order valence-electron chi connectivity index (χ3n) is 7.89. The van der Waals surface area contributed by atoms with Crippen LogP contribution in [0, 0.1) is 29.1 Å². The summed E-state index contributed by atoms with van der Waals surface area (Å²) in [5, 5.41) is 2.38. The molecule has 13 heteroatoms. The molecule has 1 N–H and O–H groups in total. The number of hydrogen-bond acceptors (Lipinski definition) is 5. The van der Waals surface area contributed by atoms with Crippen LogP contribution in [0.15, 0.2) is 42.5 Å². The van der Waals surface area contributed by atoms with Crippen LogP contribution in [-0.2, 0) is 17.8 Å². The minimum atomic E-state index is -1.15. The summed E-state index contributed by atoms with van der Waals surface area (Å²) in [6.45, 7) is 4.25. The Morgan fingerprint density at radius 1 is 0.955 bits per heavy atom. The van der Waals surface area contributed by atoms with Crippen LogP contribution in [0.1, 0.15) is 40.0 Å². The monoisotopic (exact) mass is 618 g/mol.